The molecule has 4 rings (SSSR count). The highest BCUT2D eigenvalue weighted by Crippen LogP contribution is 2.33. The second-order valence-corrected chi connectivity index (χ2v) is 6.66. The number of ether oxygens (including phenoxy) is 3. The average Bonchev–Trinajstić information content (AvgIpc) is 2.77. The minimum Gasteiger partial charge on any atom is -0.508 e. The second kappa shape index (κ2) is 8.22. The molecule has 1 heterocycles. The van der Waals surface area contributed by atoms with Gasteiger partial charge in [-0.2, -0.15) is 0 Å². The molecule has 3 aromatic carbocycles. The summed E-state index contributed by atoms with van der Waals surface area (Å²) in [6.45, 7) is 0.0592. The minimum atomic E-state index is -0.556. The quantitative estimate of drug-likeness (QED) is 0.384. The molecule has 152 valence electrons. The zero-order chi connectivity index (χ0) is 21.1. The van der Waals surface area contributed by atoms with Crippen molar-refractivity contribution < 1.29 is 29.0 Å². The lowest BCUT2D eigenvalue weighted by atomic mass is 10.0. The number of non-ortho nitro benzene ring substituents is 1. The predicted octanol–water partition coefficient (Wildman–Crippen LogP) is 4.19. The Labute approximate surface area is 171 Å². The third kappa shape index (κ3) is 4.08. The molecule has 0 saturated carbocycles. The lowest BCUT2D eigenvalue weighted by Gasteiger charge is -2.20. The summed E-state index contributed by atoms with van der Waals surface area (Å²) in [6, 6.07) is 16.3. The van der Waals surface area contributed by atoms with Crippen LogP contribution >= 0.6 is 0 Å². The fourth-order valence-electron chi connectivity index (χ4n) is 3.17. The fourth-order valence-corrected chi connectivity index (χ4v) is 3.17. The van der Waals surface area contributed by atoms with E-state index in [2.05, 4.69) is 0 Å². The molecule has 0 fully saturated rings. The van der Waals surface area contributed by atoms with E-state index < -0.39 is 10.9 Å². The van der Waals surface area contributed by atoms with Gasteiger partial charge in [0.2, 0.25) is 0 Å². The average molecular weight is 407 g/mol. The molecule has 0 amide bonds. The Kier molecular flexibility index (Phi) is 5.32. The Morgan fingerprint density at radius 3 is 2.40 bits per heavy atom. The van der Waals surface area contributed by atoms with Crippen LogP contribution in [0.3, 0.4) is 0 Å². The number of aromatic hydroxyl groups is 1. The molecule has 1 aliphatic heterocycles. The van der Waals surface area contributed by atoms with Gasteiger partial charge in [-0.15, -0.1) is 0 Å². The minimum absolute atomic E-state index is 0.0322. The highest BCUT2D eigenvalue weighted by molar-refractivity contribution is 5.90. The lowest BCUT2D eigenvalue weighted by Crippen LogP contribution is -2.15. The molecule has 8 nitrogen and oxygen atoms in total. The van der Waals surface area contributed by atoms with Crippen LogP contribution in [0.4, 0.5) is 5.69 Å². The van der Waals surface area contributed by atoms with Crippen molar-refractivity contribution in [2.24, 2.45) is 0 Å². The van der Waals surface area contributed by atoms with Gasteiger partial charge in [0, 0.05) is 23.3 Å². The molecule has 0 aromatic heterocycles. The first-order valence-corrected chi connectivity index (χ1v) is 9.08. The van der Waals surface area contributed by atoms with Crippen molar-refractivity contribution in [1.82, 2.24) is 0 Å². The number of nitrogens with zero attached hydrogens (tertiary/aromatic N) is 1. The molecule has 1 N–H and O–H groups in total. The van der Waals surface area contributed by atoms with Crippen LogP contribution in [0.2, 0.25) is 0 Å². The summed E-state index contributed by atoms with van der Waals surface area (Å²) in [5.74, 6) is 0.0692. The molecule has 30 heavy (non-hydrogen) atoms. The molecule has 0 unspecified atom stereocenters. The number of hydrogen-bond donors (Lipinski definition) is 1. The van der Waals surface area contributed by atoms with Crippen molar-refractivity contribution in [3.8, 4) is 22.6 Å². The van der Waals surface area contributed by atoms with Gasteiger partial charge < -0.3 is 19.3 Å². The van der Waals surface area contributed by atoms with Gasteiger partial charge in [-0.25, -0.2) is 4.79 Å². The van der Waals surface area contributed by atoms with Gasteiger partial charge in [0.1, 0.15) is 18.1 Å². The summed E-state index contributed by atoms with van der Waals surface area (Å²) in [4.78, 5) is 23.1. The SMILES string of the molecule is O=C(OCc1cc([N+](=O)[O-])cc2c1OCOC2)c1ccc(-c2ccc(O)cc2)cc1. The number of esters is 1. The van der Waals surface area contributed by atoms with E-state index in [0.29, 0.717) is 22.4 Å². The van der Waals surface area contributed by atoms with Crippen LogP contribution in [0.15, 0.2) is 60.7 Å². The summed E-state index contributed by atoms with van der Waals surface area (Å²) in [6.07, 6.45) is 0. The highest BCUT2D eigenvalue weighted by atomic mass is 16.7. The maximum Gasteiger partial charge on any atom is 0.338 e. The van der Waals surface area contributed by atoms with Crippen molar-refractivity contribution in [3.05, 3.63) is 87.5 Å². The number of carbonyl (C=O) groups is 1. The van der Waals surface area contributed by atoms with Gasteiger partial charge in [-0.3, -0.25) is 10.1 Å². The number of hydrogen-bond acceptors (Lipinski definition) is 7. The summed E-state index contributed by atoms with van der Waals surface area (Å²) in [5, 5.41) is 20.5. The zero-order valence-corrected chi connectivity index (χ0v) is 15.7. The van der Waals surface area contributed by atoms with Crippen molar-refractivity contribution in [2.75, 3.05) is 6.79 Å². The van der Waals surface area contributed by atoms with E-state index in [1.807, 2.05) is 0 Å². The van der Waals surface area contributed by atoms with Gasteiger partial charge in [0.05, 0.1) is 17.1 Å². The molecule has 0 atom stereocenters. The van der Waals surface area contributed by atoms with Crippen molar-refractivity contribution in [3.63, 3.8) is 0 Å². The van der Waals surface area contributed by atoms with Crippen LogP contribution in [0.5, 0.6) is 11.5 Å². The number of fused-ring (bicyclic) bond motifs is 1. The third-order valence-corrected chi connectivity index (χ3v) is 4.66. The van der Waals surface area contributed by atoms with E-state index in [4.69, 9.17) is 14.2 Å². The van der Waals surface area contributed by atoms with E-state index in [-0.39, 0.29) is 31.4 Å². The van der Waals surface area contributed by atoms with Crippen LogP contribution in [0, 0.1) is 10.1 Å². The van der Waals surface area contributed by atoms with Crippen molar-refractivity contribution in [2.45, 2.75) is 13.2 Å². The molecule has 0 aliphatic carbocycles. The number of carbonyl (C=O) groups excluding carboxylic acids is 1. The largest absolute Gasteiger partial charge is 0.508 e. The maximum absolute atomic E-state index is 12.4. The van der Waals surface area contributed by atoms with E-state index in [0.717, 1.165) is 11.1 Å². The normalized spacial score (nSPS) is 12.5. The Bertz CT molecular complexity index is 1090. The number of phenols is 1. The van der Waals surface area contributed by atoms with Crippen LogP contribution in [-0.2, 0) is 22.7 Å². The van der Waals surface area contributed by atoms with Crippen molar-refractivity contribution >= 4 is 11.7 Å². The van der Waals surface area contributed by atoms with Crippen LogP contribution < -0.4 is 4.74 Å². The number of benzene rings is 3. The Hall–Kier alpha value is -3.91. The summed E-state index contributed by atoms with van der Waals surface area (Å²) >= 11 is 0. The number of nitro benzene ring substituents is 1. The number of nitro groups is 1. The summed E-state index contributed by atoms with van der Waals surface area (Å²) in [5.41, 5.74) is 2.97. The molecule has 3 aromatic rings. The summed E-state index contributed by atoms with van der Waals surface area (Å²) in [7, 11) is 0. The third-order valence-electron chi connectivity index (χ3n) is 4.66. The molecule has 0 saturated heterocycles. The highest BCUT2D eigenvalue weighted by Gasteiger charge is 2.22. The molecule has 1 aliphatic rings. The molecule has 0 radical (unpaired) electrons. The van der Waals surface area contributed by atoms with Gasteiger partial charge in [-0.1, -0.05) is 24.3 Å². The monoisotopic (exact) mass is 407 g/mol. The Balaban J connectivity index is 1.49. The van der Waals surface area contributed by atoms with Gasteiger partial charge in [0.15, 0.2) is 6.79 Å². The summed E-state index contributed by atoms with van der Waals surface area (Å²) < 4.78 is 16.0. The lowest BCUT2D eigenvalue weighted by molar-refractivity contribution is -0.385. The van der Waals surface area contributed by atoms with E-state index >= 15 is 0 Å². The molecule has 0 bridgehead atoms. The van der Waals surface area contributed by atoms with Crippen molar-refractivity contribution in [1.29, 1.82) is 0 Å². The van der Waals surface area contributed by atoms with E-state index in [9.17, 15) is 20.0 Å². The number of rotatable bonds is 5. The van der Waals surface area contributed by atoms with Gasteiger partial charge >= 0.3 is 5.97 Å². The topological polar surface area (TPSA) is 108 Å². The first kappa shape index (κ1) is 19.4. The maximum atomic E-state index is 12.4. The molecular formula is C22H17NO7. The van der Waals surface area contributed by atoms with Crippen LogP contribution in [-0.4, -0.2) is 22.8 Å². The van der Waals surface area contributed by atoms with Crippen LogP contribution in [0.1, 0.15) is 21.5 Å². The first-order chi connectivity index (χ1) is 14.5. The van der Waals surface area contributed by atoms with Gasteiger partial charge in [0.25, 0.3) is 5.69 Å². The van der Waals surface area contributed by atoms with E-state index in [1.54, 1.807) is 48.5 Å². The molecule has 0 spiro atoms. The first-order valence-electron chi connectivity index (χ1n) is 9.08. The number of phenolic OH excluding ortho intramolecular Hbond substituents is 1. The zero-order valence-electron chi connectivity index (χ0n) is 15.7. The van der Waals surface area contributed by atoms with Gasteiger partial charge in [-0.05, 0) is 35.4 Å². The standard InChI is InChI=1S/C22H17NO7/c24-20-7-5-15(6-8-20)14-1-3-16(4-2-14)22(25)29-12-18-10-19(23(26)27)9-17-11-28-13-30-21(17)18/h1-10,24H,11-13H2. The Morgan fingerprint density at radius 2 is 1.73 bits per heavy atom. The predicted molar refractivity (Wildman–Crippen MR) is 106 cm³/mol. The Morgan fingerprint density at radius 1 is 1.07 bits per heavy atom. The second-order valence-electron chi connectivity index (χ2n) is 6.66. The smallest absolute Gasteiger partial charge is 0.338 e. The van der Waals surface area contributed by atoms with Crippen LogP contribution in [0.25, 0.3) is 11.1 Å². The molecular weight excluding hydrogens is 390 g/mol. The molecule has 8 heteroatoms. The fraction of sp³-hybridized carbons (Fsp3) is 0.136. The van der Waals surface area contributed by atoms with E-state index in [1.165, 1.54) is 12.1 Å².